The molecule has 1 rings (SSSR count). The fourth-order valence-electron chi connectivity index (χ4n) is 1.02. The van der Waals surface area contributed by atoms with Crippen LogP contribution in [0.3, 0.4) is 0 Å². The van der Waals surface area contributed by atoms with Gasteiger partial charge in [0.25, 0.3) is 0 Å². The van der Waals surface area contributed by atoms with E-state index >= 15 is 0 Å². The van der Waals surface area contributed by atoms with Crippen LogP contribution in [0.1, 0.15) is 18.9 Å². The zero-order valence-corrected chi connectivity index (χ0v) is 8.52. The summed E-state index contributed by atoms with van der Waals surface area (Å²) in [6.45, 7) is 2.88. The van der Waals surface area contributed by atoms with E-state index in [0.29, 0.717) is 0 Å². The topological polar surface area (TPSA) is 9.23 Å². The van der Waals surface area contributed by atoms with Gasteiger partial charge in [-0.1, -0.05) is 49.4 Å². The van der Waals surface area contributed by atoms with Gasteiger partial charge in [-0.3, -0.25) is 0 Å². The second-order valence-electron chi connectivity index (χ2n) is 2.97. The Hall–Kier alpha value is -1.50. The summed E-state index contributed by atoms with van der Waals surface area (Å²) in [7, 11) is 0. The van der Waals surface area contributed by atoms with Gasteiger partial charge in [-0.15, -0.1) is 0 Å². The van der Waals surface area contributed by atoms with Crippen LogP contribution < -0.4 is 0 Å². The Balaban J connectivity index is 2.31. The molecule has 1 aromatic rings. The molecule has 0 aliphatic heterocycles. The molecule has 0 atom stereocenters. The van der Waals surface area contributed by atoms with Crippen LogP contribution in [0.5, 0.6) is 0 Å². The number of hydrogen-bond donors (Lipinski definition) is 0. The molecule has 0 fully saturated rings. The van der Waals surface area contributed by atoms with Crippen LogP contribution >= 0.6 is 0 Å². The van der Waals surface area contributed by atoms with E-state index in [2.05, 4.69) is 19.1 Å². The van der Waals surface area contributed by atoms with Gasteiger partial charge >= 0.3 is 0 Å². The average molecular weight is 188 g/mol. The van der Waals surface area contributed by atoms with Crippen molar-refractivity contribution in [1.29, 1.82) is 0 Å². The smallest absolute Gasteiger partial charge is 0.0870 e. The monoisotopic (exact) mass is 188 g/mol. The van der Waals surface area contributed by atoms with Crippen LogP contribution in [0.2, 0.25) is 0 Å². The summed E-state index contributed by atoms with van der Waals surface area (Å²) in [5, 5.41) is 0. The summed E-state index contributed by atoms with van der Waals surface area (Å²) < 4.78 is 5.19. The minimum atomic E-state index is 0.787. The quantitative estimate of drug-likeness (QED) is 0.389. The first-order chi connectivity index (χ1) is 6.93. The van der Waals surface area contributed by atoms with Gasteiger partial charge in [0.1, 0.15) is 0 Å². The molecule has 0 N–H and O–H groups in total. The van der Waals surface area contributed by atoms with Gasteiger partial charge < -0.3 is 4.74 Å². The summed E-state index contributed by atoms with van der Waals surface area (Å²) >= 11 is 0. The van der Waals surface area contributed by atoms with Gasteiger partial charge in [-0.2, -0.15) is 0 Å². The molecule has 0 unspecified atom stereocenters. The molecule has 14 heavy (non-hydrogen) atoms. The zero-order valence-electron chi connectivity index (χ0n) is 8.52. The minimum absolute atomic E-state index is 0.787. The van der Waals surface area contributed by atoms with Gasteiger partial charge in [-0.25, -0.2) is 0 Å². The third-order valence-corrected chi connectivity index (χ3v) is 1.70. The summed E-state index contributed by atoms with van der Waals surface area (Å²) in [4.78, 5) is 0. The summed E-state index contributed by atoms with van der Waals surface area (Å²) in [5.74, 6) is 0. The first-order valence-electron chi connectivity index (χ1n) is 4.93. The fourth-order valence-corrected chi connectivity index (χ4v) is 1.02. The number of benzene rings is 1. The van der Waals surface area contributed by atoms with Crippen molar-refractivity contribution in [3.8, 4) is 0 Å². The summed E-state index contributed by atoms with van der Waals surface area (Å²) in [5.41, 5.74) is 1.20. The molecule has 0 aliphatic carbocycles. The van der Waals surface area contributed by atoms with Crippen LogP contribution in [0, 0.1) is 0 Å². The normalized spacial score (nSPS) is 11.2. The van der Waals surface area contributed by atoms with E-state index < -0.39 is 0 Å². The van der Waals surface area contributed by atoms with Crippen molar-refractivity contribution < 1.29 is 4.74 Å². The molecule has 0 saturated carbocycles. The highest BCUT2D eigenvalue weighted by atomic mass is 16.5. The lowest BCUT2D eigenvalue weighted by atomic mass is 10.2. The molecule has 74 valence electrons. The maximum absolute atomic E-state index is 5.19. The molecule has 0 heterocycles. The Bertz CT molecular complexity index is 285. The van der Waals surface area contributed by atoms with Crippen molar-refractivity contribution in [2.75, 3.05) is 6.61 Å². The lowest BCUT2D eigenvalue weighted by molar-refractivity contribution is 0.250. The Labute approximate surface area is 85.7 Å². The molecule has 0 saturated heterocycles. The Morgan fingerprint density at radius 1 is 1.14 bits per heavy atom. The van der Waals surface area contributed by atoms with Crippen molar-refractivity contribution in [2.24, 2.45) is 0 Å². The Morgan fingerprint density at radius 3 is 2.64 bits per heavy atom. The van der Waals surface area contributed by atoms with E-state index in [9.17, 15) is 0 Å². The first-order valence-corrected chi connectivity index (χ1v) is 4.93. The predicted octanol–water partition coefficient (Wildman–Crippen LogP) is 3.64. The maximum atomic E-state index is 5.19. The lowest BCUT2D eigenvalue weighted by Crippen LogP contribution is -1.81. The van der Waals surface area contributed by atoms with Gasteiger partial charge in [0.05, 0.1) is 12.9 Å². The van der Waals surface area contributed by atoms with Gasteiger partial charge in [-0.05, 0) is 18.1 Å². The van der Waals surface area contributed by atoms with Gasteiger partial charge in [0.15, 0.2) is 0 Å². The third kappa shape index (κ3) is 4.51. The van der Waals surface area contributed by atoms with Crippen LogP contribution in [0.4, 0.5) is 0 Å². The number of allylic oxidation sites excluding steroid dienone is 2. The van der Waals surface area contributed by atoms with Crippen LogP contribution in [0.15, 0.2) is 48.7 Å². The minimum Gasteiger partial charge on any atom is -0.501 e. The molecule has 0 spiro atoms. The average Bonchev–Trinajstić information content (AvgIpc) is 2.25. The highest BCUT2D eigenvalue weighted by Gasteiger charge is 1.79. The largest absolute Gasteiger partial charge is 0.501 e. The van der Waals surface area contributed by atoms with Crippen LogP contribution in [-0.4, -0.2) is 6.61 Å². The molecular formula is C13H16O. The Kier molecular flexibility index (Phi) is 5.26. The molecule has 0 radical (unpaired) electrons. The van der Waals surface area contributed by atoms with E-state index in [1.54, 1.807) is 6.26 Å². The van der Waals surface area contributed by atoms with Crippen LogP contribution in [0.25, 0.3) is 6.08 Å². The SMILES string of the molecule is CCCO/C=C/C=C/c1ccccc1. The second-order valence-corrected chi connectivity index (χ2v) is 2.97. The van der Waals surface area contributed by atoms with Crippen molar-refractivity contribution in [3.63, 3.8) is 0 Å². The van der Waals surface area contributed by atoms with Crippen molar-refractivity contribution in [3.05, 3.63) is 54.3 Å². The molecule has 0 amide bonds. The molecule has 0 aromatic heterocycles. The number of rotatable bonds is 5. The van der Waals surface area contributed by atoms with Gasteiger partial charge in [0, 0.05) is 0 Å². The molecular weight excluding hydrogens is 172 g/mol. The standard InChI is InChI=1S/C13H16O/c1-2-11-14-12-7-6-10-13-8-4-3-5-9-13/h3-10,12H,2,11H2,1H3/b10-6+,12-7+. The highest BCUT2D eigenvalue weighted by Crippen LogP contribution is 2.00. The van der Waals surface area contributed by atoms with E-state index in [4.69, 9.17) is 4.74 Å². The lowest BCUT2D eigenvalue weighted by Gasteiger charge is -1.93. The van der Waals surface area contributed by atoms with Crippen molar-refractivity contribution in [2.45, 2.75) is 13.3 Å². The summed E-state index contributed by atoms with van der Waals surface area (Å²) in [6.07, 6.45) is 8.70. The first kappa shape index (κ1) is 10.6. The van der Waals surface area contributed by atoms with E-state index in [1.165, 1.54) is 5.56 Å². The Morgan fingerprint density at radius 2 is 1.93 bits per heavy atom. The predicted molar refractivity (Wildman–Crippen MR) is 60.9 cm³/mol. The number of hydrogen-bond acceptors (Lipinski definition) is 1. The third-order valence-electron chi connectivity index (χ3n) is 1.70. The van der Waals surface area contributed by atoms with Gasteiger partial charge in [0.2, 0.25) is 0 Å². The molecule has 1 heteroatoms. The number of ether oxygens (including phenoxy) is 1. The zero-order chi connectivity index (χ0) is 10.1. The van der Waals surface area contributed by atoms with Crippen molar-refractivity contribution in [1.82, 2.24) is 0 Å². The molecule has 1 aromatic carbocycles. The van der Waals surface area contributed by atoms with Crippen molar-refractivity contribution >= 4 is 6.08 Å². The second kappa shape index (κ2) is 6.96. The maximum Gasteiger partial charge on any atom is 0.0870 e. The molecule has 1 nitrogen and oxygen atoms in total. The van der Waals surface area contributed by atoms with E-state index in [1.807, 2.05) is 36.4 Å². The molecule has 0 aliphatic rings. The molecule has 0 bridgehead atoms. The van der Waals surface area contributed by atoms with Crippen LogP contribution in [-0.2, 0) is 4.74 Å². The van der Waals surface area contributed by atoms with E-state index in [-0.39, 0.29) is 0 Å². The fraction of sp³-hybridized carbons (Fsp3) is 0.231. The summed E-state index contributed by atoms with van der Waals surface area (Å²) in [6, 6.07) is 10.2. The highest BCUT2D eigenvalue weighted by molar-refractivity contribution is 5.50. The van der Waals surface area contributed by atoms with E-state index in [0.717, 1.165) is 13.0 Å².